The lowest BCUT2D eigenvalue weighted by molar-refractivity contribution is -0.120. The Kier molecular flexibility index (Phi) is 6.52. The summed E-state index contributed by atoms with van der Waals surface area (Å²) in [7, 11) is 1.53. The van der Waals surface area contributed by atoms with E-state index in [1.165, 1.54) is 31.4 Å². The molecule has 0 atom stereocenters. The van der Waals surface area contributed by atoms with Gasteiger partial charge in [-0.2, -0.15) is 0 Å². The molecule has 7 heteroatoms. The van der Waals surface area contributed by atoms with Gasteiger partial charge in [0, 0.05) is 24.0 Å². The van der Waals surface area contributed by atoms with Crippen molar-refractivity contribution in [1.82, 2.24) is 10.3 Å². The molecular formula is C22H20FN3O3. The topological polar surface area (TPSA) is 80.3 Å². The second kappa shape index (κ2) is 9.45. The molecule has 1 heterocycles. The van der Waals surface area contributed by atoms with Crippen molar-refractivity contribution in [1.29, 1.82) is 0 Å². The predicted octanol–water partition coefficient (Wildman–Crippen LogP) is 3.34. The third-order valence-electron chi connectivity index (χ3n) is 4.16. The summed E-state index contributed by atoms with van der Waals surface area (Å²) < 4.78 is 18.5. The highest BCUT2D eigenvalue weighted by Crippen LogP contribution is 2.16. The van der Waals surface area contributed by atoms with Gasteiger partial charge in [0.1, 0.15) is 11.6 Å². The molecule has 2 amide bonds. The molecule has 2 aromatic carbocycles. The molecule has 6 nitrogen and oxygen atoms in total. The maximum absolute atomic E-state index is 13.3. The van der Waals surface area contributed by atoms with Crippen molar-refractivity contribution in [2.45, 2.75) is 13.0 Å². The molecule has 0 saturated heterocycles. The summed E-state index contributed by atoms with van der Waals surface area (Å²) in [6, 6.07) is 16.0. The minimum atomic E-state index is -0.473. The largest absolute Gasteiger partial charge is 0.495 e. The Bertz CT molecular complexity index is 1020. The molecule has 0 radical (unpaired) electrons. The van der Waals surface area contributed by atoms with Gasteiger partial charge in [-0.1, -0.05) is 18.2 Å². The number of amides is 2. The number of nitrogens with one attached hydrogen (secondary N) is 2. The zero-order valence-electron chi connectivity index (χ0n) is 15.8. The number of halogens is 1. The Morgan fingerprint density at radius 3 is 2.69 bits per heavy atom. The van der Waals surface area contributed by atoms with Gasteiger partial charge in [-0.3, -0.25) is 14.6 Å². The number of anilines is 1. The second-order valence-electron chi connectivity index (χ2n) is 6.27. The van der Waals surface area contributed by atoms with Crippen LogP contribution in [0, 0.1) is 5.82 Å². The van der Waals surface area contributed by atoms with Crippen LogP contribution in [0.2, 0.25) is 0 Å². The fourth-order valence-corrected chi connectivity index (χ4v) is 2.75. The first-order chi connectivity index (χ1) is 14.0. The summed E-state index contributed by atoms with van der Waals surface area (Å²) in [6.45, 7) is 0.289. The van der Waals surface area contributed by atoms with Gasteiger partial charge < -0.3 is 15.4 Å². The van der Waals surface area contributed by atoms with Crippen LogP contribution in [0.15, 0.2) is 66.9 Å². The highest BCUT2D eigenvalue weighted by Gasteiger charge is 2.10. The monoisotopic (exact) mass is 393 g/mol. The van der Waals surface area contributed by atoms with E-state index in [1.54, 1.807) is 36.5 Å². The first-order valence-corrected chi connectivity index (χ1v) is 8.95. The van der Waals surface area contributed by atoms with Gasteiger partial charge in [-0.05, 0) is 48.0 Å². The Balaban J connectivity index is 1.58. The number of carbonyl (C=O) groups excluding carboxylic acids is 2. The lowest BCUT2D eigenvalue weighted by Gasteiger charge is -2.10. The third-order valence-corrected chi connectivity index (χ3v) is 4.16. The van der Waals surface area contributed by atoms with Crippen LogP contribution in [0.1, 0.15) is 21.6 Å². The molecule has 2 N–H and O–H groups in total. The van der Waals surface area contributed by atoms with Crippen molar-refractivity contribution in [3.05, 3.63) is 89.5 Å². The number of hydrogen-bond acceptors (Lipinski definition) is 4. The van der Waals surface area contributed by atoms with Crippen molar-refractivity contribution in [3.63, 3.8) is 0 Å². The van der Waals surface area contributed by atoms with Crippen molar-refractivity contribution in [2.24, 2.45) is 0 Å². The van der Waals surface area contributed by atoms with Crippen molar-refractivity contribution >= 4 is 17.5 Å². The summed E-state index contributed by atoms with van der Waals surface area (Å²) in [6.07, 6.45) is 1.70. The smallest absolute Gasteiger partial charge is 0.255 e. The molecule has 0 spiro atoms. The summed E-state index contributed by atoms with van der Waals surface area (Å²) in [5, 5.41) is 5.55. The van der Waals surface area contributed by atoms with E-state index in [4.69, 9.17) is 4.74 Å². The van der Waals surface area contributed by atoms with Gasteiger partial charge in [0.2, 0.25) is 5.91 Å². The molecule has 1 aromatic heterocycles. The minimum absolute atomic E-state index is 0.0972. The fraction of sp³-hybridized carbons (Fsp3) is 0.136. The Hall–Kier alpha value is -3.74. The van der Waals surface area contributed by atoms with Crippen LogP contribution < -0.4 is 15.4 Å². The maximum atomic E-state index is 13.3. The van der Waals surface area contributed by atoms with Crippen LogP contribution in [0.5, 0.6) is 5.75 Å². The second-order valence-corrected chi connectivity index (χ2v) is 6.27. The Labute approximate surface area is 167 Å². The highest BCUT2D eigenvalue weighted by molar-refractivity contribution is 6.04. The predicted molar refractivity (Wildman–Crippen MR) is 107 cm³/mol. The quantitative estimate of drug-likeness (QED) is 0.645. The van der Waals surface area contributed by atoms with E-state index in [1.807, 2.05) is 6.07 Å². The molecule has 3 aromatic rings. The Morgan fingerprint density at radius 2 is 1.90 bits per heavy atom. The van der Waals surface area contributed by atoms with E-state index in [-0.39, 0.29) is 24.4 Å². The molecule has 148 valence electrons. The van der Waals surface area contributed by atoms with Crippen molar-refractivity contribution in [3.8, 4) is 5.75 Å². The van der Waals surface area contributed by atoms with E-state index in [9.17, 15) is 14.0 Å². The van der Waals surface area contributed by atoms with E-state index >= 15 is 0 Å². The summed E-state index contributed by atoms with van der Waals surface area (Å²) in [5.74, 6) is -0.521. The average molecular weight is 393 g/mol. The van der Waals surface area contributed by atoms with Crippen LogP contribution in [0.25, 0.3) is 0 Å². The molecule has 0 aliphatic heterocycles. The van der Waals surface area contributed by atoms with Crippen LogP contribution in [0.4, 0.5) is 10.1 Å². The van der Waals surface area contributed by atoms with Gasteiger partial charge in [0.15, 0.2) is 0 Å². The molecule has 0 saturated carbocycles. The first-order valence-electron chi connectivity index (χ1n) is 8.95. The number of ether oxygens (including phenoxy) is 1. The SMILES string of the molecule is COc1cccnc1CC(=O)NCc1cccc(NC(=O)c2cccc(F)c2)c1. The van der Waals surface area contributed by atoms with Gasteiger partial charge in [-0.15, -0.1) is 0 Å². The molecule has 0 aliphatic carbocycles. The molecule has 0 fully saturated rings. The molecule has 0 unspecified atom stereocenters. The number of nitrogens with zero attached hydrogens (tertiary/aromatic N) is 1. The average Bonchev–Trinajstić information content (AvgIpc) is 2.73. The number of aromatic nitrogens is 1. The molecule has 0 bridgehead atoms. The number of hydrogen-bond donors (Lipinski definition) is 2. The van der Waals surface area contributed by atoms with E-state index in [0.717, 1.165) is 5.56 Å². The normalized spacial score (nSPS) is 10.3. The number of rotatable bonds is 7. The van der Waals surface area contributed by atoms with Crippen LogP contribution in [-0.2, 0) is 17.8 Å². The number of pyridine rings is 1. The van der Waals surface area contributed by atoms with Crippen molar-refractivity contribution in [2.75, 3.05) is 12.4 Å². The molecule has 29 heavy (non-hydrogen) atoms. The van der Waals surface area contributed by atoms with Crippen LogP contribution in [0.3, 0.4) is 0 Å². The fourth-order valence-electron chi connectivity index (χ4n) is 2.75. The van der Waals surface area contributed by atoms with Crippen LogP contribution in [-0.4, -0.2) is 23.9 Å². The van der Waals surface area contributed by atoms with Gasteiger partial charge in [0.05, 0.1) is 19.2 Å². The molecular weight excluding hydrogens is 373 g/mol. The Morgan fingerprint density at radius 1 is 1.07 bits per heavy atom. The zero-order chi connectivity index (χ0) is 20.6. The molecule has 0 aliphatic rings. The minimum Gasteiger partial charge on any atom is -0.495 e. The first kappa shape index (κ1) is 20.0. The van der Waals surface area contributed by atoms with Crippen molar-refractivity contribution < 1.29 is 18.7 Å². The zero-order valence-corrected chi connectivity index (χ0v) is 15.8. The lowest BCUT2D eigenvalue weighted by Crippen LogP contribution is -2.25. The molecule has 3 rings (SSSR count). The maximum Gasteiger partial charge on any atom is 0.255 e. The summed E-state index contributed by atoms with van der Waals surface area (Å²) in [4.78, 5) is 28.6. The van der Waals surface area contributed by atoms with Gasteiger partial charge in [-0.25, -0.2) is 4.39 Å². The van der Waals surface area contributed by atoms with Crippen LogP contribution >= 0.6 is 0 Å². The van der Waals surface area contributed by atoms with Gasteiger partial charge >= 0.3 is 0 Å². The summed E-state index contributed by atoms with van der Waals surface area (Å²) in [5.41, 5.74) is 2.15. The van der Waals surface area contributed by atoms with E-state index < -0.39 is 11.7 Å². The number of benzene rings is 2. The summed E-state index contributed by atoms with van der Waals surface area (Å²) >= 11 is 0. The van der Waals surface area contributed by atoms with Gasteiger partial charge in [0.25, 0.3) is 5.91 Å². The number of methoxy groups -OCH3 is 1. The third kappa shape index (κ3) is 5.62. The number of carbonyl (C=O) groups is 2. The standard InChI is InChI=1S/C22H20FN3O3/c1-29-20-9-4-10-24-19(20)13-21(27)25-14-15-5-2-8-18(11-15)26-22(28)16-6-3-7-17(23)12-16/h2-12H,13-14H2,1H3,(H,25,27)(H,26,28). The lowest BCUT2D eigenvalue weighted by atomic mass is 10.1. The highest BCUT2D eigenvalue weighted by atomic mass is 19.1. The van der Waals surface area contributed by atoms with E-state index in [0.29, 0.717) is 17.1 Å². The van der Waals surface area contributed by atoms with E-state index in [2.05, 4.69) is 15.6 Å².